The minimum Gasteiger partial charge on any atom is -0.330 e. The number of allylic oxidation sites excluding steroid dienone is 2. The van der Waals surface area contributed by atoms with E-state index in [2.05, 4.69) is 26.8 Å². The second kappa shape index (κ2) is 3.61. The topological polar surface area (TPSA) is 26.0 Å². The van der Waals surface area contributed by atoms with Gasteiger partial charge >= 0.3 is 0 Å². The van der Waals surface area contributed by atoms with Crippen molar-refractivity contribution in [3.63, 3.8) is 0 Å². The van der Waals surface area contributed by atoms with Gasteiger partial charge in [-0.3, -0.25) is 0 Å². The van der Waals surface area contributed by atoms with E-state index in [1.54, 1.807) is 5.57 Å². The van der Waals surface area contributed by atoms with E-state index >= 15 is 0 Å². The average Bonchev–Trinajstić information content (AvgIpc) is 2.03. The Kier molecular flexibility index (Phi) is 2.94. The van der Waals surface area contributed by atoms with Gasteiger partial charge in [-0.25, -0.2) is 0 Å². The van der Waals surface area contributed by atoms with Crippen molar-refractivity contribution >= 4 is 0 Å². The quantitative estimate of drug-likeness (QED) is 0.597. The van der Waals surface area contributed by atoms with E-state index in [1.165, 1.54) is 19.3 Å². The van der Waals surface area contributed by atoms with E-state index in [0.29, 0.717) is 5.41 Å². The highest BCUT2D eigenvalue weighted by molar-refractivity contribution is 5.13. The summed E-state index contributed by atoms with van der Waals surface area (Å²) in [6.07, 6.45) is 6.15. The van der Waals surface area contributed by atoms with Gasteiger partial charge in [0.25, 0.3) is 0 Å². The summed E-state index contributed by atoms with van der Waals surface area (Å²) in [5.74, 6) is 0.746. The molecule has 1 aliphatic carbocycles. The van der Waals surface area contributed by atoms with Crippen molar-refractivity contribution in [2.75, 3.05) is 6.54 Å². The largest absolute Gasteiger partial charge is 0.330 e. The van der Waals surface area contributed by atoms with Crippen LogP contribution in [-0.2, 0) is 0 Å². The molecular formula is C11H21N. The van der Waals surface area contributed by atoms with Crippen LogP contribution in [0.25, 0.3) is 0 Å². The summed E-state index contributed by atoms with van der Waals surface area (Å²) in [6.45, 7) is 7.73. The lowest BCUT2D eigenvalue weighted by molar-refractivity contribution is 0.408. The van der Waals surface area contributed by atoms with Gasteiger partial charge in [-0.15, -0.1) is 0 Å². The lowest BCUT2D eigenvalue weighted by atomic mass is 9.77. The molecule has 1 unspecified atom stereocenters. The van der Waals surface area contributed by atoms with E-state index in [1.807, 2.05) is 0 Å². The van der Waals surface area contributed by atoms with Crippen LogP contribution in [0, 0.1) is 11.3 Å². The molecule has 12 heavy (non-hydrogen) atoms. The third-order valence-electron chi connectivity index (χ3n) is 2.82. The van der Waals surface area contributed by atoms with Crippen LogP contribution in [0.2, 0.25) is 0 Å². The molecule has 1 heteroatoms. The van der Waals surface area contributed by atoms with E-state index in [4.69, 9.17) is 5.73 Å². The van der Waals surface area contributed by atoms with Crippen LogP contribution >= 0.6 is 0 Å². The van der Waals surface area contributed by atoms with Crippen molar-refractivity contribution in [1.29, 1.82) is 0 Å². The maximum absolute atomic E-state index is 5.63. The molecule has 0 bridgehead atoms. The molecule has 0 saturated heterocycles. The lowest BCUT2D eigenvalue weighted by Gasteiger charge is -2.29. The highest BCUT2D eigenvalue weighted by Crippen LogP contribution is 2.34. The molecule has 0 fully saturated rings. The fourth-order valence-electron chi connectivity index (χ4n) is 1.78. The predicted molar refractivity (Wildman–Crippen MR) is 53.9 cm³/mol. The van der Waals surface area contributed by atoms with Crippen LogP contribution in [0.3, 0.4) is 0 Å². The summed E-state index contributed by atoms with van der Waals surface area (Å²) < 4.78 is 0. The Balaban J connectivity index is 2.56. The summed E-state index contributed by atoms with van der Waals surface area (Å²) in [4.78, 5) is 0. The minimum absolute atomic E-state index is 0.375. The van der Waals surface area contributed by atoms with Crippen LogP contribution in [0.1, 0.15) is 40.0 Å². The highest BCUT2D eigenvalue weighted by Gasteiger charge is 2.21. The molecular weight excluding hydrogens is 146 g/mol. The second-order valence-corrected chi connectivity index (χ2v) is 4.86. The Labute approximate surface area is 76.0 Å². The molecule has 0 aliphatic heterocycles. The summed E-state index contributed by atoms with van der Waals surface area (Å²) >= 11 is 0. The van der Waals surface area contributed by atoms with Gasteiger partial charge in [0.05, 0.1) is 0 Å². The fourth-order valence-corrected chi connectivity index (χ4v) is 1.78. The summed E-state index contributed by atoms with van der Waals surface area (Å²) in [5, 5.41) is 0. The second-order valence-electron chi connectivity index (χ2n) is 4.86. The molecule has 0 aromatic rings. The van der Waals surface area contributed by atoms with Gasteiger partial charge in [0.1, 0.15) is 0 Å². The van der Waals surface area contributed by atoms with Crippen LogP contribution in [0.15, 0.2) is 11.6 Å². The van der Waals surface area contributed by atoms with Crippen LogP contribution in [0.5, 0.6) is 0 Å². The van der Waals surface area contributed by atoms with E-state index in [9.17, 15) is 0 Å². The third-order valence-corrected chi connectivity index (χ3v) is 2.82. The van der Waals surface area contributed by atoms with Gasteiger partial charge in [0.2, 0.25) is 0 Å². The maximum atomic E-state index is 5.63. The third kappa shape index (κ3) is 2.34. The molecule has 1 aliphatic rings. The van der Waals surface area contributed by atoms with Crippen LogP contribution in [-0.4, -0.2) is 6.54 Å². The Bertz CT molecular complexity index is 174. The maximum Gasteiger partial charge on any atom is -0.00458 e. The first kappa shape index (κ1) is 9.79. The van der Waals surface area contributed by atoms with Gasteiger partial charge in [-0.05, 0) is 37.1 Å². The molecule has 1 nitrogen and oxygen atoms in total. The molecule has 0 spiro atoms. The fraction of sp³-hybridized carbons (Fsp3) is 0.818. The zero-order valence-corrected chi connectivity index (χ0v) is 8.56. The number of rotatable bonds is 1. The Hall–Kier alpha value is -0.300. The van der Waals surface area contributed by atoms with Crippen molar-refractivity contribution in [3.05, 3.63) is 11.6 Å². The van der Waals surface area contributed by atoms with Crippen molar-refractivity contribution in [2.24, 2.45) is 17.1 Å². The molecule has 0 amide bonds. The number of nitrogens with two attached hydrogens (primary N) is 1. The molecule has 0 radical (unpaired) electrons. The van der Waals surface area contributed by atoms with Gasteiger partial charge < -0.3 is 5.73 Å². The SMILES string of the molecule is CC(C)(C)C1=CCC(CN)CC1. The Morgan fingerprint density at radius 3 is 2.50 bits per heavy atom. The molecule has 2 N–H and O–H groups in total. The molecule has 0 aromatic heterocycles. The first-order valence-electron chi connectivity index (χ1n) is 4.93. The molecule has 1 atom stereocenters. The first-order valence-corrected chi connectivity index (χ1v) is 4.93. The molecule has 70 valence electrons. The van der Waals surface area contributed by atoms with E-state index < -0.39 is 0 Å². The smallest absolute Gasteiger partial charge is 0.00458 e. The van der Waals surface area contributed by atoms with Gasteiger partial charge in [0.15, 0.2) is 0 Å². The van der Waals surface area contributed by atoms with E-state index in [-0.39, 0.29) is 0 Å². The summed E-state index contributed by atoms with van der Waals surface area (Å²) in [7, 11) is 0. The standard InChI is InChI=1S/C11H21N/c1-11(2,3)10-6-4-9(8-12)5-7-10/h6,9H,4-5,7-8,12H2,1-3H3. The molecule has 0 heterocycles. The lowest BCUT2D eigenvalue weighted by Crippen LogP contribution is -2.20. The van der Waals surface area contributed by atoms with E-state index in [0.717, 1.165) is 12.5 Å². The molecule has 0 saturated carbocycles. The predicted octanol–water partition coefficient (Wildman–Crippen LogP) is 2.72. The zero-order valence-electron chi connectivity index (χ0n) is 8.56. The number of hydrogen-bond acceptors (Lipinski definition) is 1. The highest BCUT2D eigenvalue weighted by atomic mass is 14.5. The van der Waals surface area contributed by atoms with Crippen molar-refractivity contribution in [2.45, 2.75) is 40.0 Å². The monoisotopic (exact) mass is 167 g/mol. The normalized spacial score (nSPS) is 25.3. The van der Waals surface area contributed by atoms with Crippen LogP contribution in [0.4, 0.5) is 0 Å². The summed E-state index contributed by atoms with van der Waals surface area (Å²) in [5.41, 5.74) is 7.62. The van der Waals surface area contributed by atoms with Gasteiger partial charge in [-0.2, -0.15) is 0 Å². The minimum atomic E-state index is 0.375. The zero-order chi connectivity index (χ0) is 9.19. The van der Waals surface area contributed by atoms with Crippen molar-refractivity contribution in [3.8, 4) is 0 Å². The Morgan fingerprint density at radius 2 is 2.17 bits per heavy atom. The van der Waals surface area contributed by atoms with Gasteiger partial charge in [-0.1, -0.05) is 32.4 Å². The molecule has 0 aromatic carbocycles. The van der Waals surface area contributed by atoms with Crippen molar-refractivity contribution < 1.29 is 0 Å². The molecule has 1 rings (SSSR count). The number of hydrogen-bond donors (Lipinski definition) is 1. The first-order chi connectivity index (χ1) is 5.54. The Morgan fingerprint density at radius 1 is 1.50 bits per heavy atom. The average molecular weight is 167 g/mol. The van der Waals surface area contributed by atoms with Crippen molar-refractivity contribution in [1.82, 2.24) is 0 Å². The summed E-state index contributed by atoms with van der Waals surface area (Å²) in [6, 6.07) is 0. The van der Waals surface area contributed by atoms with Crippen LogP contribution < -0.4 is 5.73 Å². The van der Waals surface area contributed by atoms with Gasteiger partial charge in [0, 0.05) is 0 Å².